The number of pyridine rings is 3. The summed E-state index contributed by atoms with van der Waals surface area (Å²) in [6.07, 6.45) is 4.09. The lowest BCUT2D eigenvalue weighted by molar-refractivity contribution is -0.130. The molecule has 0 saturated heterocycles. The van der Waals surface area contributed by atoms with E-state index in [1.165, 1.54) is 0 Å². The minimum absolute atomic E-state index is 0.0377. The lowest BCUT2D eigenvalue weighted by Gasteiger charge is -2.23. The molecule has 4 aromatic heterocycles. The van der Waals surface area contributed by atoms with E-state index >= 15 is 0 Å². The quantitative estimate of drug-likeness (QED) is 0.395. The number of fused-ring (bicyclic) bond motifs is 3. The van der Waals surface area contributed by atoms with Gasteiger partial charge in [0.05, 0.1) is 11.8 Å². The molecule has 6 heterocycles. The Morgan fingerprint density at radius 2 is 2.06 bits per heavy atom. The van der Waals surface area contributed by atoms with Gasteiger partial charge in [0.2, 0.25) is 11.8 Å². The first-order valence-corrected chi connectivity index (χ1v) is 11.8. The number of nitrogen functional groups attached to an aromatic ring is 1. The SMILES string of the molecule is Cc1c(-c2cc3cc(Nc4cc5n(n4)CC(=O)N(C)CC5)ncc3c(N)n2)cnc2c1CC(O)CO2. The molecule has 2 aliphatic rings. The highest BCUT2D eigenvalue weighted by Crippen LogP contribution is 2.34. The third-order valence-electron chi connectivity index (χ3n) is 6.83. The summed E-state index contributed by atoms with van der Waals surface area (Å²) in [5, 5.41) is 19.4. The molecule has 0 saturated carbocycles. The van der Waals surface area contributed by atoms with E-state index in [1.807, 2.05) is 25.1 Å². The Bertz CT molecular complexity index is 1520. The van der Waals surface area contributed by atoms with E-state index in [9.17, 15) is 9.90 Å². The number of aromatic nitrogens is 5. The number of hydrogen-bond donors (Lipinski definition) is 3. The van der Waals surface area contributed by atoms with Crippen LogP contribution >= 0.6 is 0 Å². The fraction of sp³-hybridized carbons (Fsp3) is 0.320. The monoisotopic (exact) mass is 486 g/mol. The molecule has 11 heteroatoms. The number of ether oxygens (including phenoxy) is 1. The second-order valence-corrected chi connectivity index (χ2v) is 9.30. The van der Waals surface area contributed by atoms with Crippen molar-refractivity contribution in [3.63, 3.8) is 0 Å². The smallest absolute Gasteiger partial charge is 0.244 e. The van der Waals surface area contributed by atoms with Crippen LogP contribution in [0, 0.1) is 6.92 Å². The Labute approximate surface area is 206 Å². The molecule has 0 aromatic carbocycles. The highest BCUT2D eigenvalue weighted by Gasteiger charge is 2.23. The number of carbonyl (C=O) groups is 1. The lowest BCUT2D eigenvalue weighted by Crippen LogP contribution is -2.29. The predicted octanol–water partition coefficient (Wildman–Crippen LogP) is 1.83. The molecule has 0 radical (unpaired) electrons. The molecule has 0 aliphatic carbocycles. The average Bonchev–Trinajstić information content (AvgIpc) is 3.17. The van der Waals surface area contributed by atoms with E-state index in [2.05, 4.69) is 25.4 Å². The van der Waals surface area contributed by atoms with Crippen molar-refractivity contribution in [1.29, 1.82) is 0 Å². The second kappa shape index (κ2) is 8.45. The second-order valence-electron chi connectivity index (χ2n) is 9.30. The first-order chi connectivity index (χ1) is 17.4. The highest BCUT2D eigenvalue weighted by molar-refractivity contribution is 5.95. The van der Waals surface area contributed by atoms with Crippen molar-refractivity contribution >= 4 is 34.1 Å². The third-order valence-corrected chi connectivity index (χ3v) is 6.83. The van der Waals surface area contributed by atoms with Crippen LogP contribution in [0.15, 0.2) is 30.6 Å². The van der Waals surface area contributed by atoms with Crippen LogP contribution in [0.3, 0.4) is 0 Å². The average molecular weight is 487 g/mol. The molecule has 4 N–H and O–H groups in total. The molecule has 1 unspecified atom stereocenters. The van der Waals surface area contributed by atoms with Gasteiger partial charge in [-0.3, -0.25) is 9.48 Å². The van der Waals surface area contributed by atoms with Crippen molar-refractivity contribution in [3.05, 3.63) is 47.4 Å². The number of likely N-dealkylation sites (N-methyl/N-ethyl adjacent to an activating group) is 1. The van der Waals surface area contributed by atoms with Crippen molar-refractivity contribution in [1.82, 2.24) is 29.6 Å². The van der Waals surface area contributed by atoms with Crippen molar-refractivity contribution in [2.75, 3.05) is 31.2 Å². The standard InChI is InChI=1S/C25H26N8O3/c1-13-17-8-16(34)12-36-25(17)28-9-18(13)20-5-14-6-21(27-10-19(14)24(26)29-20)30-22-7-15-3-4-32(2)23(35)11-33(15)31-22/h5-7,9-10,16,34H,3-4,8,11-12H2,1-2H3,(H2,26,29)(H,27,30,31). The Morgan fingerprint density at radius 3 is 2.92 bits per heavy atom. The van der Waals surface area contributed by atoms with E-state index < -0.39 is 6.10 Å². The molecule has 1 amide bonds. The minimum Gasteiger partial charge on any atom is -0.475 e. The molecular formula is C25H26N8O3. The maximum absolute atomic E-state index is 12.2. The normalized spacial score (nSPS) is 17.4. The Kier molecular flexibility index (Phi) is 5.22. The summed E-state index contributed by atoms with van der Waals surface area (Å²) in [5.41, 5.74) is 10.7. The van der Waals surface area contributed by atoms with Crippen LogP contribution in [0.25, 0.3) is 22.0 Å². The van der Waals surface area contributed by atoms with Gasteiger partial charge in [-0.2, -0.15) is 5.10 Å². The van der Waals surface area contributed by atoms with Crippen molar-refractivity contribution in [3.8, 4) is 17.1 Å². The number of anilines is 3. The van der Waals surface area contributed by atoms with Crippen LogP contribution < -0.4 is 15.8 Å². The topological polar surface area (TPSA) is 144 Å². The van der Waals surface area contributed by atoms with Crippen LogP contribution in [0.1, 0.15) is 16.8 Å². The summed E-state index contributed by atoms with van der Waals surface area (Å²) in [6.45, 7) is 3.11. The number of nitrogens with one attached hydrogen (secondary N) is 1. The number of aliphatic hydroxyl groups is 1. The lowest BCUT2D eigenvalue weighted by atomic mass is 9.96. The fourth-order valence-electron chi connectivity index (χ4n) is 4.74. The molecule has 0 bridgehead atoms. The zero-order chi connectivity index (χ0) is 25.0. The number of hydrogen-bond acceptors (Lipinski definition) is 9. The van der Waals surface area contributed by atoms with E-state index in [0.717, 1.165) is 39.6 Å². The summed E-state index contributed by atoms with van der Waals surface area (Å²) in [5.74, 6) is 2.19. The summed E-state index contributed by atoms with van der Waals surface area (Å²) in [7, 11) is 1.81. The minimum atomic E-state index is -0.556. The number of nitrogens with zero attached hydrogens (tertiary/aromatic N) is 6. The molecule has 0 fully saturated rings. The number of amides is 1. The molecule has 36 heavy (non-hydrogen) atoms. The Morgan fingerprint density at radius 1 is 1.19 bits per heavy atom. The number of aliphatic hydroxyl groups excluding tert-OH is 1. The van der Waals surface area contributed by atoms with Gasteiger partial charge in [-0.25, -0.2) is 15.0 Å². The van der Waals surface area contributed by atoms with Gasteiger partial charge < -0.3 is 25.8 Å². The fourth-order valence-corrected chi connectivity index (χ4v) is 4.74. The highest BCUT2D eigenvalue weighted by atomic mass is 16.5. The zero-order valence-corrected chi connectivity index (χ0v) is 20.0. The molecule has 6 rings (SSSR count). The largest absolute Gasteiger partial charge is 0.475 e. The van der Waals surface area contributed by atoms with Crippen molar-refractivity contribution in [2.24, 2.45) is 0 Å². The Balaban J connectivity index is 1.33. The van der Waals surface area contributed by atoms with Crippen molar-refractivity contribution in [2.45, 2.75) is 32.4 Å². The van der Waals surface area contributed by atoms with Crippen LogP contribution in [0.4, 0.5) is 17.5 Å². The summed E-state index contributed by atoms with van der Waals surface area (Å²) in [4.78, 5) is 27.4. The first-order valence-electron chi connectivity index (χ1n) is 11.8. The van der Waals surface area contributed by atoms with Gasteiger partial charge in [-0.15, -0.1) is 0 Å². The summed E-state index contributed by atoms with van der Waals surface area (Å²) in [6, 6.07) is 5.80. The van der Waals surface area contributed by atoms with E-state index in [-0.39, 0.29) is 19.1 Å². The van der Waals surface area contributed by atoms with E-state index in [1.54, 1.807) is 29.0 Å². The van der Waals surface area contributed by atoms with Crippen molar-refractivity contribution < 1.29 is 14.6 Å². The maximum Gasteiger partial charge on any atom is 0.244 e. The van der Waals surface area contributed by atoms with Gasteiger partial charge in [0.1, 0.15) is 24.8 Å². The first kappa shape index (κ1) is 22.2. The van der Waals surface area contributed by atoms with Crippen LogP contribution in [0.5, 0.6) is 5.88 Å². The van der Waals surface area contributed by atoms with E-state index in [0.29, 0.717) is 42.0 Å². The van der Waals surface area contributed by atoms with E-state index in [4.69, 9.17) is 10.5 Å². The summed E-state index contributed by atoms with van der Waals surface area (Å²) < 4.78 is 7.31. The molecular weight excluding hydrogens is 460 g/mol. The zero-order valence-electron chi connectivity index (χ0n) is 20.0. The third kappa shape index (κ3) is 3.87. The number of nitrogens with two attached hydrogens (primary N) is 1. The van der Waals surface area contributed by atoms with Crippen LogP contribution in [-0.4, -0.2) is 66.9 Å². The number of carbonyl (C=O) groups excluding carboxylic acids is 1. The van der Waals surface area contributed by atoms with Gasteiger partial charge in [0.25, 0.3) is 0 Å². The van der Waals surface area contributed by atoms with Crippen LogP contribution in [-0.2, 0) is 24.2 Å². The predicted molar refractivity (Wildman–Crippen MR) is 134 cm³/mol. The van der Waals surface area contributed by atoms with Gasteiger partial charge in [0.15, 0.2) is 5.82 Å². The van der Waals surface area contributed by atoms with Gasteiger partial charge in [-0.1, -0.05) is 0 Å². The molecule has 184 valence electrons. The van der Waals surface area contributed by atoms with Crippen LogP contribution in [0.2, 0.25) is 0 Å². The van der Waals surface area contributed by atoms with Gasteiger partial charge in [-0.05, 0) is 30.0 Å². The molecule has 11 nitrogen and oxygen atoms in total. The molecule has 4 aromatic rings. The molecule has 1 atom stereocenters. The van der Waals surface area contributed by atoms with Gasteiger partial charge >= 0.3 is 0 Å². The Hall–Kier alpha value is -4.25. The summed E-state index contributed by atoms with van der Waals surface area (Å²) >= 11 is 0. The van der Waals surface area contributed by atoms with Gasteiger partial charge in [0, 0.05) is 67.1 Å². The molecule has 0 spiro atoms. The maximum atomic E-state index is 12.2. The molecule has 2 aliphatic heterocycles. The number of rotatable bonds is 3.